The summed E-state index contributed by atoms with van der Waals surface area (Å²) in [5, 5.41) is 9.21. The van der Waals surface area contributed by atoms with Crippen molar-refractivity contribution in [1.29, 1.82) is 0 Å². The summed E-state index contributed by atoms with van der Waals surface area (Å²) in [4.78, 5) is 0.0519. The highest BCUT2D eigenvalue weighted by molar-refractivity contribution is 7.89. The van der Waals surface area contributed by atoms with E-state index in [0.717, 1.165) is 18.4 Å². The van der Waals surface area contributed by atoms with E-state index in [2.05, 4.69) is 17.5 Å². The van der Waals surface area contributed by atoms with Crippen LogP contribution in [-0.4, -0.2) is 28.3 Å². The number of benzene rings is 2. The zero-order valence-corrected chi connectivity index (χ0v) is 15.6. The molecule has 0 saturated carbocycles. The number of rotatable bonds is 9. The first-order valence-corrected chi connectivity index (χ1v) is 9.71. The van der Waals surface area contributed by atoms with Crippen molar-refractivity contribution in [2.75, 3.05) is 19.1 Å². The van der Waals surface area contributed by atoms with Crippen LogP contribution in [0.5, 0.6) is 11.5 Å². The first-order valence-electron chi connectivity index (χ1n) is 8.17. The Hall–Kier alpha value is -2.58. The lowest BCUT2D eigenvalue weighted by Crippen LogP contribution is -2.11. The molecule has 2 rings (SSSR count). The Morgan fingerprint density at radius 3 is 2.50 bits per heavy atom. The van der Waals surface area contributed by atoms with E-state index in [1.807, 2.05) is 18.2 Å². The van der Waals surface area contributed by atoms with Crippen molar-refractivity contribution in [2.24, 2.45) is 10.2 Å². The van der Waals surface area contributed by atoms with Crippen LogP contribution in [0.2, 0.25) is 0 Å². The number of hydrogen-bond acceptors (Lipinski definition) is 6. The monoisotopic (exact) mass is 377 g/mol. The highest BCUT2D eigenvalue weighted by Gasteiger charge is 2.07. The van der Waals surface area contributed by atoms with E-state index in [9.17, 15) is 8.42 Å². The molecule has 0 spiro atoms. The first-order chi connectivity index (χ1) is 12.4. The number of nitrogens with two attached hydrogens (primary N) is 1. The fraction of sp³-hybridized carbons (Fsp3) is 0.278. The molecule has 0 unspecified atom stereocenters. The number of nitrogens with zero attached hydrogens (tertiary/aromatic N) is 1. The highest BCUT2D eigenvalue weighted by Crippen LogP contribution is 2.27. The molecule has 0 radical (unpaired) electrons. The first kappa shape index (κ1) is 19.7. The lowest BCUT2D eigenvalue weighted by Gasteiger charge is -2.11. The maximum atomic E-state index is 11.2. The Balaban J connectivity index is 2.04. The number of primary sulfonamides is 1. The number of nitrogens with one attached hydrogen (secondary N) is 1. The summed E-state index contributed by atoms with van der Waals surface area (Å²) >= 11 is 0. The van der Waals surface area contributed by atoms with E-state index >= 15 is 0 Å². The molecule has 26 heavy (non-hydrogen) atoms. The van der Waals surface area contributed by atoms with Crippen molar-refractivity contribution in [3.63, 3.8) is 0 Å². The maximum absolute atomic E-state index is 11.2. The standard InChI is InChI=1S/C18H23N3O4S/c1-3-4-11-25-18-12-14(5-10-17(18)24-2)13-20-21-15-6-8-16(9-7-15)26(19,22)23/h5-10,12-13,21H,3-4,11H2,1-2H3,(H2,19,22,23)/b20-13-. The van der Waals surface area contributed by atoms with Crippen LogP contribution in [0.3, 0.4) is 0 Å². The van der Waals surface area contributed by atoms with Crippen LogP contribution in [-0.2, 0) is 10.0 Å². The Morgan fingerprint density at radius 2 is 1.88 bits per heavy atom. The summed E-state index contributed by atoms with van der Waals surface area (Å²) in [5.41, 5.74) is 4.31. The van der Waals surface area contributed by atoms with E-state index < -0.39 is 10.0 Å². The molecule has 0 atom stereocenters. The van der Waals surface area contributed by atoms with E-state index in [1.54, 1.807) is 25.5 Å². The molecule has 140 valence electrons. The summed E-state index contributed by atoms with van der Waals surface area (Å²) in [6.45, 7) is 2.73. The lowest BCUT2D eigenvalue weighted by atomic mass is 10.2. The molecule has 0 aliphatic carbocycles. The number of unbranched alkanes of at least 4 members (excludes halogenated alkanes) is 1. The fourth-order valence-electron chi connectivity index (χ4n) is 2.11. The van der Waals surface area contributed by atoms with Crippen LogP contribution >= 0.6 is 0 Å². The van der Waals surface area contributed by atoms with Gasteiger partial charge in [-0.05, 0) is 54.4 Å². The predicted molar refractivity (Wildman–Crippen MR) is 102 cm³/mol. The molecule has 0 fully saturated rings. The second-order valence-corrected chi connectivity index (χ2v) is 7.11. The third kappa shape index (κ3) is 5.75. The quantitative estimate of drug-likeness (QED) is 0.397. The van der Waals surface area contributed by atoms with Gasteiger partial charge in [0.2, 0.25) is 10.0 Å². The second kappa shape index (κ2) is 9.21. The largest absolute Gasteiger partial charge is 0.493 e. The normalized spacial score (nSPS) is 11.5. The highest BCUT2D eigenvalue weighted by atomic mass is 32.2. The zero-order chi connectivity index (χ0) is 19.0. The molecule has 7 nitrogen and oxygen atoms in total. The van der Waals surface area contributed by atoms with Gasteiger partial charge in [0.25, 0.3) is 0 Å². The average molecular weight is 377 g/mol. The zero-order valence-electron chi connectivity index (χ0n) is 14.8. The molecule has 0 bridgehead atoms. The van der Waals surface area contributed by atoms with Crippen LogP contribution in [0.1, 0.15) is 25.3 Å². The van der Waals surface area contributed by atoms with Gasteiger partial charge in [0.15, 0.2) is 11.5 Å². The average Bonchev–Trinajstić information content (AvgIpc) is 2.62. The van der Waals surface area contributed by atoms with Gasteiger partial charge >= 0.3 is 0 Å². The van der Waals surface area contributed by atoms with Crippen LogP contribution < -0.4 is 20.0 Å². The van der Waals surface area contributed by atoms with Gasteiger partial charge in [-0.3, -0.25) is 5.43 Å². The summed E-state index contributed by atoms with van der Waals surface area (Å²) in [6, 6.07) is 11.5. The smallest absolute Gasteiger partial charge is 0.238 e. The van der Waals surface area contributed by atoms with Crippen molar-refractivity contribution in [2.45, 2.75) is 24.7 Å². The number of anilines is 1. The van der Waals surface area contributed by atoms with Gasteiger partial charge < -0.3 is 9.47 Å². The van der Waals surface area contributed by atoms with E-state index in [4.69, 9.17) is 14.6 Å². The molecule has 2 aromatic carbocycles. The molecular weight excluding hydrogens is 354 g/mol. The molecule has 0 aliphatic heterocycles. The van der Waals surface area contributed by atoms with Crippen molar-refractivity contribution >= 4 is 21.9 Å². The molecule has 0 heterocycles. The van der Waals surface area contributed by atoms with Gasteiger partial charge in [-0.1, -0.05) is 13.3 Å². The molecule has 8 heteroatoms. The summed E-state index contributed by atoms with van der Waals surface area (Å²) in [5.74, 6) is 1.34. The Kier molecular flexibility index (Phi) is 6.99. The minimum absolute atomic E-state index is 0.0519. The van der Waals surface area contributed by atoms with Gasteiger partial charge in [-0.2, -0.15) is 5.10 Å². The third-order valence-electron chi connectivity index (χ3n) is 3.53. The predicted octanol–water partition coefficient (Wildman–Crippen LogP) is 2.97. The van der Waals surface area contributed by atoms with Gasteiger partial charge in [-0.25, -0.2) is 13.6 Å². The Morgan fingerprint density at radius 1 is 1.15 bits per heavy atom. The van der Waals surface area contributed by atoms with Crippen LogP contribution in [0.25, 0.3) is 0 Å². The lowest BCUT2D eigenvalue weighted by molar-refractivity contribution is 0.288. The molecule has 0 saturated heterocycles. The Labute approximate surface area is 153 Å². The third-order valence-corrected chi connectivity index (χ3v) is 4.46. The van der Waals surface area contributed by atoms with Crippen LogP contribution in [0, 0.1) is 0 Å². The number of hydrazone groups is 1. The van der Waals surface area contributed by atoms with Crippen molar-refractivity contribution in [3.8, 4) is 11.5 Å². The van der Waals surface area contributed by atoms with Gasteiger partial charge in [0, 0.05) is 0 Å². The minimum Gasteiger partial charge on any atom is -0.493 e. The van der Waals surface area contributed by atoms with Gasteiger partial charge in [0.1, 0.15) is 0 Å². The number of hydrogen-bond donors (Lipinski definition) is 2. The molecule has 0 aromatic heterocycles. The van der Waals surface area contributed by atoms with E-state index in [1.165, 1.54) is 12.1 Å². The summed E-state index contributed by atoms with van der Waals surface area (Å²) < 4.78 is 33.5. The summed E-state index contributed by atoms with van der Waals surface area (Å²) in [7, 11) is -2.10. The topological polar surface area (TPSA) is 103 Å². The van der Waals surface area contributed by atoms with Crippen molar-refractivity contribution in [3.05, 3.63) is 48.0 Å². The van der Waals surface area contributed by atoms with Gasteiger partial charge in [-0.15, -0.1) is 0 Å². The second-order valence-electron chi connectivity index (χ2n) is 5.55. The SMILES string of the molecule is CCCCOc1cc(/C=N\Nc2ccc(S(N)(=O)=O)cc2)ccc1OC. The van der Waals surface area contributed by atoms with Crippen molar-refractivity contribution in [1.82, 2.24) is 0 Å². The minimum atomic E-state index is -3.70. The molecule has 0 aliphatic rings. The molecule has 2 aromatic rings. The molecule has 3 N–H and O–H groups in total. The van der Waals surface area contributed by atoms with E-state index in [-0.39, 0.29) is 4.90 Å². The fourth-order valence-corrected chi connectivity index (χ4v) is 2.63. The summed E-state index contributed by atoms with van der Waals surface area (Å²) in [6.07, 6.45) is 3.66. The van der Waals surface area contributed by atoms with Crippen LogP contribution in [0.15, 0.2) is 52.5 Å². The van der Waals surface area contributed by atoms with Crippen LogP contribution in [0.4, 0.5) is 5.69 Å². The molecule has 0 amide bonds. The Bertz CT molecular complexity index is 849. The number of ether oxygens (including phenoxy) is 2. The number of sulfonamides is 1. The molecular formula is C18H23N3O4S. The van der Waals surface area contributed by atoms with E-state index in [0.29, 0.717) is 23.8 Å². The van der Waals surface area contributed by atoms with Gasteiger partial charge in [0.05, 0.1) is 30.5 Å². The maximum Gasteiger partial charge on any atom is 0.238 e. The van der Waals surface area contributed by atoms with Crippen molar-refractivity contribution < 1.29 is 17.9 Å². The number of methoxy groups -OCH3 is 1.